The molecule has 3 rings (SSSR count). The molecule has 3 heterocycles. The van der Waals surface area contributed by atoms with Gasteiger partial charge < -0.3 is 14.0 Å². The van der Waals surface area contributed by atoms with Gasteiger partial charge in [0.15, 0.2) is 5.76 Å². The van der Waals surface area contributed by atoms with Gasteiger partial charge in [-0.05, 0) is 31.6 Å². The molecule has 114 valence electrons. The van der Waals surface area contributed by atoms with Gasteiger partial charge in [-0.25, -0.2) is 0 Å². The first-order valence-corrected chi connectivity index (χ1v) is 7.27. The molecule has 0 spiro atoms. The summed E-state index contributed by atoms with van der Waals surface area (Å²) in [4.78, 5) is 8.95. The Hall–Kier alpha value is -1.70. The van der Waals surface area contributed by atoms with Gasteiger partial charge in [-0.1, -0.05) is 5.16 Å². The lowest BCUT2D eigenvalue weighted by Crippen LogP contribution is -2.32. The Balaban J connectivity index is 1.57. The number of furan rings is 1. The fraction of sp³-hybridized carbons (Fsp3) is 0.571. The molecule has 0 atom stereocenters. The number of hydrogen-bond donors (Lipinski definition) is 1. The molecule has 0 amide bonds. The zero-order chi connectivity index (χ0) is 14.5. The fourth-order valence-electron chi connectivity index (χ4n) is 2.56. The Kier molecular flexibility index (Phi) is 4.64. The maximum Gasteiger partial charge on any atom is 0.241 e. The van der Waals surface area contributed by atoms with E-state index < -0.39 is 0 Å². The van der Waals surface area contributed by atoms with E-state index >= 15 is 0 Å². The number of aliphatic hydroxyl groups is 1. The van der Waals surface area contributed by atoms with Crippen molar-refractivity contribution in [2.75, 3.05) is 39.3 Å². The van der Waals surface area contributed by atoms with Crippen LogP contribution in [0.25, 0.3) is 11.6 Å². The number of β-amino-alcohol motifs (C(OH)–C–C–N with tert-alkyl or cyclic N) is 1. The Bertz CT molecular complexity index is 540. The molecule has 0 unspecified atom stereocenters. The first-order chi connectivity index (χ1) is 10.3. The van der Waals surface area contributed by atoms with Gasteiger partial charge in [0.2, 0.25) is 11.7 Å². The third-order valence-electron chi connectivity index (χ3n) is 3.67. The average Bonchev–Trinajstić information content (AvgIpc) is 3.10. The van der Waals surface area contributed by atoms with Crippen molar-refractivity contribution in [3.8, 4) is 11.6 Å². The molecule has 2 aromatic rings. The van der Waals surface area contributed by atoms with Gasteiger partial charge in [0, 0.05) is 19.6 Å². The second-order valence-electron chi connectivity index (χ2n) is 5.18. The van der Waals surface area contributed by atoms with Crippen molar-refractivity contribution in [1.82, 2.24) is 19.9 Å². The summed E-state index contributed by atoms with van der Waals surface area (Å²) in [6.07, 6.45) is 2.68. The molecule has 1 fully saturated rings. The Labute approximate surface area is 123 Å². The first-order valence-electron chi connectivity index (χ1n) is 7.27. The van der Waals surface area contributed by atoms with Gasteiger partial charge >= 0.3 is 0 Å². The summed E-state index contributed by atoms with van der Waals surface area (Å²) in [5.41, 5.74) is 0. The van der Waals surface area contributed by atoms with E-state index in [-0.39, 0.29) is 6.61 Å². The minimum absolute atomic E-state index is 0.218. The summed E-state index contributed by atoms with van der Waals surface area (Å²) >= 11 is 0. The van der Waals surface area contributed by atoms with E-state index in [0.29, 0.717) is 24.0 Å². The van der Waals surface area contributed by atoms with Crippen LogP contribution in [0.5, 0.6) is 0 Å². The molecule has 1 aliphatic rings. The van der Waals surface area contributed by atoms with Crippen LogP contribution in [-0.4, -0.2) is 64.4 Å². The quantitative estimate of drug-likeness (QED) is 0.874. The standard InChI is InChI=1S/C14H20N4O3/c19-9-8-17-4-2-5-18(7-6-17)11-13-15-14(16-21-13)12-3-1-10-20-12/h1,3,10,19H,2,4-9,11H2. The van der Waals surface area contributed by atoms with Crippen molar-refractivity contribution in [1.29, 1.82) is 0 Å². The van der Waals surface area contributed by atoms with Crippen LogP contribution in [0.3, 0.4) is 0 Å². The van der Waals surface area contributed by atoms with E-state index in [1.54, 1.807) is 12.3 Å². The van der Waals surface area contributed by atoms with Gasteiger partial charge in [-0.2, -0.15) is 4.98 Å². The molecule has 7 nitrogen and oxygen atoms in total. The molecule has 1 aliphatic heterocycles. The predicted molar refractivity (Wildman–Crippen MR) is 75.4 cm³/mol. The minimum atomic E-state index is 0.218. The normalized spacial score (nSPS) is 18.0. The average molecular weight is 292 g/mol. The highest BCUT2D eigenvalue weighted by molar-refractivity contribution is 5.44. The molecule has 7 heteroatoms. The van der Waals surface area contributed by atoms with Crippen molar-refractivity contribution in [3.05, 3.63) is 24.3 Å². The number of aromatic nitrogens is 2. The van der Waals surface area contributed by atoms with Gasteiger partial charge in [0.05, 0.1) is 19.4 Å². The summed E-state index contributed by atoms with van der Waals surface area (Å²) in [7, 11) is 0. The Morgan fingerprint density at radius 2 is 2.05 bits per heavy atom. The smallest absolute Gasteiger partial charge is 0.241 e. The highest BCUT2D eigenvalue weighted by Gasteiger charge is 2.18. The van der Waals surface area contributed by atoms with Crippen LogP contribution < -0.4 is 0 Å². The topological polar surface area (TPSA) is 78.8 Å². The lowest BCUT2D eigenvalue weighted by atomic mass is 10.4. The molecule has 1 saturated heterocycles. The highest BCUT2D eigenvalue weighted by Crippen LogP contribution is 2.16. The molecule has 0 saturated carbocycles. The third kappa shape index (κ3) is 3.69. The number of aliphatic hydroxyl groups excluding tert-OH is 1. The fourth-order valence-corrected chi connectivity index (χ4v) is 2.56. The van der Waals surface area contributed by atoms with Crippen LogP contribution >= 0.6 is 0 Å². The van der Waals surface area contributed by atoms with E-state index in [2.05, 4.69) is 19.9 Å². The largest absolute Gasteiger partial charge is 0.461 e. The van der Waals surface area contributed by atoms with Crippen molar-refractivity contribution in [2.45, 2.75) is 13.0 Å². The van der Waals surface area contributed by atoms with Crippen molar-refractivity contribution >= 4 is 0 Å². The SMILES string of the molecule is OCCN1CCCN(Cc2nc(-c3ccco3)no2)CC1. The molecule has 21 heavy (non-hydrogen) atoms. The summed E-state index contributed by atoms with van der Waals surface area (Å²) in [6, 6.07) is 3.61. The summed E-state index contributed by atoms with van der Waals surface area (Å²) in [6.45, 7) is 5.55. The highest BCUT2D eigenvalue weighted by atomic mass is 16.5. The molecular weight excluding hydrogens is 272 g/mol. The maximum atomic E-state index is 9.01. The summed E-state index contributed by atoms with van der Waals surface area (Å²) < 4.78 is 10.5. The van der Waals surface area contributed by atoms with Crippen LogP contribution in [0.15, 0.2) is 27.3 Å². The molecule has 0 aromatic carbocycles. The molecule has 0 bridgehead atoms. The monoisotopic (exact) mass is 292 g/mol. The van der Waals surface area contributed by atoms with Crippen molar-refractivity contribution in [3.63, 3.8) is 0 Å². The Morgan fingerprint density at radius 3 is 2.86 bits per heavy atom. The number of rotatable bonds is 5. The maximum absolute atomic E-state index is 9.01. The molecule has 2 aromatic heterocycles. The van der Waals surface area contributed by atoms with Crippen LogP contribution in [0, 0.1) is 0 Å². The number of nitrogens with zero attached hydrogens (tertiary/aromatic N) is 4. The third-order valence-corrected chi connectivity index (χ3v) is 3.67. The molecular formula is C14H20N4O3. The minimum Gasteiger partial charge on any atom is -0.461 e. The second kappa shape index (κ2) is 6.84. The van der Waals surface area contributed by atoms with Gasteiger partial charge in [-0.15, -0.1) is 0 Å². The predicted octanol–water partition coefficient (Wildman–Crippen LogP) is 0.830. The van der Waals surface area contributed by atoms with Crippen LogP contribution in [0.1, 0.15) is 12.3 Å². The van der Waals surface area contributed by atoms with E-state index in [0.717, 1.165) is 39.1 Å². The number of hydrogen-bond acceptors (Lipinski definition) is 7. The van der Waals surface area contributed by atoms with Crippen LogP contribution in [0.4, 0.5) is 0 Å². The van der Waals surface area contributed by atoms with Gasteiger partial charge in [0.25, 0.3) is 0 Å². The van der Waals surface area contributed by atoms with E-state index in [1.807, 2.05) is 6.07 Å². The van der Waals surface area contributed by atoms with E-state index in [1.165, 1.54) is 0 Å². The first kappa shape index (κ1) is 14.2. The zero-order valence-electron chi connectivity index (χ0n) is 11.9. The molecule has 0 aliphatic carbocycles. The van der Waals surface area contributed by atoms with Crippen LogP contribution in [-0.2, 0) is 6.54 Å². The van der Waals surface area contributed by atoms with E-state index in [9.17, 15) is 0 Å². The zero-order valence-corrected chi connectivity index (χ0v) is 11.9. The van der Waals surface area contributed by atoms with Crippen molar-refractivity contribution < 1.29 is 14.0 Å². The summed E-state index contributed by atoms with van der Waals surface area (Å²) in [5, 5.41) is 12.9. The van der Waals surface area contributed by atoms with Crippen LogP contribution in [0.2, 0.25) is 0 Å². The molecule has 1 N–H and O–H groups in total. The van der Waals surface area contributed by atoms with Crippen molar-refractivity contribution in [2.24, 2.45) is 0 Å². The molecule has 0 radical (unpaired) electrons. The lowest BCUT2D eigenvalue weighted by molar-refractivity contribution is 0.191. The van der Waals surface area contributed by atoms with Gasteiger partial charge in [0.1, 0.15) is 0 Å². The second-order valence-corrected chi connectivity index (χ2v) is 5.18. The lowest BCUT2D eigenvalue weighted by Gasteiger charge is -2.19. The van der Waals surface area contributed by atoms with E-state index in [4.69, 9.17) is 14.0 Å². The van der Waals surface area contributed by atoms with Gasteiger partial charge in [-0.3, -0.25) is 9.80 Å². The summed E-state index contributed by atoms with van der Waals surface area (Å²) in [5.74, 6) is 1.72. The Morgan fingerprint density at radius 1 is 1.19 bits per heavy atom.